The number of allylic oxidation sites excluding steroid dienone is 1. The fourth-order valence-electron chi connectivity index (χ4n) is 9.34. The molecule has 6 N–H and O–H groups in total. The van der Waals surface area contributed by atoms with E-state index in [1.54, 1.807) is 6.08 Å². The molecule has 0 saturated carbocycles. The van der Waals surface area contributed by atoms with Crippen LogP contribution >= 0.6 is 0 Å². The molecule has 1 rings (SSSR count). The Hall–Kier alpha value is -1.07. The number of carbonyl (C=O) groups is 1. The number of hydrogen-bond donors (Lipinski definition) is 6. The van der Waals surface area contributed by atoms with Gasteiger partial charge in [-0.1, -0.05) is 270 Å². The van der Waals surface area contributed by atoms with Crippen LogP contribution < -0.4 is 5.32 Å². The van der Waals surface area contributed by atoms with Crippen molar-refractivity contribution < 1.29 is 39.8 Å². The molecule has 1 fully saturated rings. The molecule has 386 valence electrons. The average Bonchev–Trinajstić information content (AvgIpc) is 3.31. The number of aliphatic hydroxyl groups excluding tert-OH is 5. The van der Waals surface area contributed by atoms with Crippen LogP contribution in [0.25, 0.3) is 0 Å². The van der Waals surface area contributed by atoms with Crippen LogP contribution in [0.4, 0.5) is 0 Å². The van der Waals surface area contributed by atoms with E-state index in [2.05, 4.69) is 19.2 Å². The van der Waals surface area contributed by atoms with Gasteiger partial charge in [-0.3, -0.25) is 4.79 Å². The first-order valence-corrected chi connectivity index (χ1v) is 28.4. The van der Waals surface area contributed by atoms with Gasteiger partial charge in [0.1, 0.15) is 24.4 Å². The lowest BCUT2D eigenvalue weighted by molar-refractivity contribution is -0.302. The molecule has 0 aromatic heterocycles. The summed E-state index contributed by atoms with van der Waals surface area (Å²) in [5.41, 5.74) is 0. The molecule has 0 bridgehead atoms. The standard InChI is InChI=1S/C56H109NO8/c1-3-5-7-9-11-13-14-15-16-17-18-19-20-21-22-23-24-25-26-27-28-29-30-31-32-33-34-35-36-38-39-41-43-45-50(59)49(48-64-56-55(63)54(62)53(61)51(47-58)65-56)57-52(60)46-44-42-40-37-12-10-8-6-4-2/h43,45,49-51,53-56,58-59,61-63H,3-42,44,46-48H2,1-2H3,(H,57,60)/b45-43+. The summed E-state index contributed by atoms with van der Waals surface area (Å²) < 4.78 is 11.2. The van der Waals surface area contributed by atoms with Crippen molar-refractivity contribution in [1.29, 1.82) is 0 Å². The minimum absolute atomic E-state index is 0.177. The second kappa shape index (κ2) is 46.6. The van der Waals surface area contributed by atoms with E-state index in [0.29, 0.717) is 6.42 Å². The maximum Gasteiger partial charge on any atom is 0.220 e. The Labute approximate surface area is 401 Å². The molecule has 1 aliphatic rings. The van der Waals surface area contributed by atoms with Crippen LogP contribution in [-0.2, 0) is 14.3 Å². The summed E-state index contributed by atoms with van der Waals surface area (Å²) in [6, 6.07) is -0.798. The maximum absolute atomic E-state index is 12.9. The average molecular weight is 924 g/mol. The first-order valence-electron chi connectivity index (χ1n) is 28.4. The third kappa shape index (κ3) is 36.6. The second-order valence-electron chi connectivity index (χ2n) is 20.1. The summed E-state index contributed by atoms with van der Waals surface area (Å²) in [5.74, 6) is -0.177. The van der Waals surface area contributed by atoms with E-state index in [-0.39, 0.29) is 12.5 Å². The number of unbranched alkanes of at least 4 members (excludes halogenated alkanes) is 39. The van der Waals surface area contributed by atoms with Crippen molar-refractivity contribution in [3.05, 3.63) is 12.2 Å². The van der Waals surface area contributed by atoms with Crippen molar-refractivity contribution in [2.75, 3.05) is 13.2 Å². The summed E-state index contributed by atoms with van der Waals surface area (Å²) in [6.45, 7) is 3.77. The fraction of sp³-hybridized carbons (Fsp3) is 0.946. The molecule has 1 amide bonds. The SMILES string of the molecule is CCCCCCCCCCCCCCCCCCCCCCCCCCCCCCCCC/C=C/C(O)C(COC1OC(CO)C(O)C(O)C1O)NC(=O)CCCCCCCCCCC. The summed E-state index contributed by atoms with van der Waals surface area (Å²) >= 11 is 0. The first-order chi connectivity index (χ1) is 31.8. The first kappa shape index (κ1) is 61.9. The van der Waals surface area contributed by atoms with Crippen LogP contribution in [0.2, 0.25) is 0 Å². The number of hydrogen-bond acceptors (Lipinski definition) is 8. The van der Waals surface area contributed by atoms with Crippen LogP contribution in [-0.4, -0.2) is 87.5 Å². The predicted octanol–water partition coefficient (Wildman–Crippen LogP) is 13.6. The number of nitrogens with one attached hydrogen (secondary N) is 1. The Bertz CT molecular complexity index is 1030. The number of aliphatic hydroxyl groups is 5. The number of rotatable bonds is 49. The molecule has 7 atom stereocenters. The van der Waals surface area contributed by atoms with Gasteiger partial charge in [-0.15, -0.1) is 0 Å². The van der Waals surface area contributed by atoms with Gasteiger partial charge in [0.2, 0.25) is 5.91 Å². The van der Waals surface area contributed by atoms with E-state index < -0.39 is 49.5 Å². The molecular formula is C56H109NO8. The lowest BCUT2D eigenvalue weighted by Crippen LogP contribution is -2.60. The predicted molar refractivity (Wildman–Crippen MR) is 272 cm³/mol. The third-order valence-corrected chi connectivity index (χ3v) is 13.9. The smallest absolute Gasteiger partial charge is 0.220 e. The van der Waals surface area contributed by atoms with Crippen LogP contribution in [0, 0.1) is 0 Å². The van der Waals surface area contributed by atoms with Gasteiger partial charge < -0.3 is 40.3 Å². The van der Waals surface area contributed by atoms with E-state index in [9.17, 15) is 30.3 Å². The minimum Gasteiger partial charge on any atom is -0.394 e. The van der Waals surface area contributed by atoms with Crippen molar-refractivity contribution in [3.63, 3.8) is 0 Å². The normalized spacial score (nSPS) is 19.9. The van der Waals surface area contributed by atoms with E-state index in [1.807, 2.05) is 6.08 Å². The fourth-order valence-corrected chi connectivity index (χ4v) is 9.34. The van der Waals surface area contributed by atoms with Crippen LogP contribution in [0.1, 0.15) is 284 Å². The van der Waals surface area contributed by atoms with Gasteiger partial charge in [0.05, 0.1) is 25.4 Å². The molecule has 9 nitrogen and oxygen atoms in total. The summed E-state index contributed by atoms with van der Waals surface area (Å²) in [6.07, 6.45) is 50.3. The van der Waals surface area contributed by atoms with Crippen molar-refractivity contribution in [1.82, 2.24) is 5.32 Å². The van der Waals surface area contributed by atoms with Gasteiger partial charge in [-0.05, 0) is 19.3 Å². The Balaban J connectivity index is 2.08. The molecule has 0 aromatic carbocycles. The highest BCUT2D eigenvalue weighted by Crippen LogP contribution is 2.23. The van der Waals surface area contributed by atoms with E-state index >= 15 is 0 Å². The number of carbonyl (C=O) groups excluding carboxylic acids is 1. The molecule has 0 aromatic rings. The van der Waals surface area contributed by atoms with Gasteiger partial charge in [-0.2, -0.15) is 0 Å². The molecule has 1 heterocycles. The van der Waals surface area contributed by atoms with Gasteiger partial charge in [0.15, 0.2) is 6.29 Å². The van der Waals surface area contributed by atoms with Crippen molar-refractivity contribution in [2.24, 2.45) is 0 Å². The van der Waals surface area contributed by atoms with E-state index in [1.165, 1.54) is 225 Å². The molecule has 7 unspecified atom stereocenters. The quantitative estimate of drug-likeness (QED) is 0.0261. The van der Waals surface area contributed by atoms with Crippen LogP contribution in [0.3, 0.4) is 0 Å². The Morgan fingerprint density at radius 2 is 0.846 bits per heavy atom. The summed E-state index contributed by atoms with van der Waals surface area (Å²) in [4.78, 5) is 12.9. The Morgan fingerprint density at radius 3 is 1.20 bits per heavy atom. The Kier molecular flexibility index (Phi) is 44.5. The summed E-state index contributed by atoms with van der Waals surface area (Å²) in [5, 5.41) is 54.2. The largest absolute Gasteiger partial charge is 0.394 e. The second-order valence-corrected chi connectivity index (χ2v) is 20.1. The zero-order valence-electron chi connectivity index (χ0n) is 42.8. The molecule has 0 radical (unpaired) electrons. The zero-order valence-corrected chi connectivity index (χ0v) is 42.8. The topological polar surface area (TPSA) is 149 Å². The molecule has 1 aliphatic heterocycles. The van der Waals surface area contributed by atoms with E-state index in [4.69, 9.17) is 9.47 Å². The highest BCUT2D eigenvalue weighted by atomic mass is 16.7. The van der Waals surface area contributed by atoms with Crippen molar-refractivity contribution in [3.8, 4) is 0 Å². The van der Waals surface area contributed by atoms with Gasteiger partial charge in [-0.25, -0.2) is 0 Å². The van der Waals surface area contributed by atoms with Crippen LogP contribution in [0.5, 0.6) is 0 Å². The van der Waals surface area contributed by atoms with Crippen molar-refractivity contribution in [2.45, 2.75) is 326 Å². The molecular weight excluding hydrogens is 815 g/mol. The van der Waals surface area contributed by atoms with E-state index in [0.717, 1.165) is 38.5 Å². The molecule has 0 spiro atoms. The van der Waals surface area contributed by atoms with Crippen LogP contribution in [0.15, 0.2) is 12.2 Å². The third-order valence-electron chi connectivity index (χ3n) is 13.9. The monoisotopic (exact) mass is 924 g/mol. The van der Waals surface area contributed by atoms with Gasteiger partial charge >= 0.3 is 0 Å². The summed E-state index contributed by atoms with van der Waals surface area (Å²) in [7, 11) is 0. The number of amides is 1. The maximum atomic E-state index is 12.9. The zero-order chi connectivity index (χ0) is 47.3. The molecule has 9 heteroatoms. The highest BCUT2D eigenvalue weighted by molar-refractivity contribution is 5.76. The van der Waals surface area contributed by atoms with Gasteiger partial charge in [0.25, 0.3) is 0 Å². The lowest BCUT2D eigenvalue weighted by Gasteiger charge is -2.40. The molecule has 0 aliphatic carbocycles. The lowest BCUT2D eigenvalue weighted by atomic mass is 9.99. The minimum atomic E-state index is -1.56. The highest BCUT2D eigenvalue weighted by Gasteiger charge is 2.44. The number of ether oxygens (including phenoxy) is 2. The van der Waals surface area contributed by atoms with Crippen molar-refractivity contribution >= 4 is 5.91 Å². The van der Waals surface area contributed by atoms with Gasteiger partial charge in [0, 0.05) is 6.42 Å². The molecule has 1 saturated heterocycles. The molecule has 65 heavy (non-hydrogen) atoms. The Morgan fingerprint density at radius 1 is 0.508 bits per heavy atom.